The molecule has 1 heterocycles. The third kappa shape index (κ3) is 3.61. The predicted molar refractivity (Wildman–Crippen MR) is 78.7 cm³/mol. The quantitative estimate of drug-likeness (QED) is 0.865. The van der Waals surface area contributed by atoms with E-state index in [1.807, 2.05) is 14.0 Å². The molecule has 1 unspecified atom stereocenters. The SMILES string of the molecule is CC1CCN(C)CCN1C(=O)Nc1ccc(Cl)cc1F. The third-order valence-corrected chi connectivity index (χ3v) is 3.85. The predicted octanol–water partition coefficient (Wildman–Crippen LogP) is 3.04. The lowest BCUT2D eigenvalue weighted by Crippen LogP contribution is -2.42. The van der Waals surface area contributed by atoms with E-state index in [9.17, 15) is 9.18 Å². The summed E-state index contributed by atoms with van der Waals surface area (Å²) in [7, 11) is 2.03. The van der Waals surface area contributed by atoms with Crippen LogP contribution in [-0.2, 0) is 0 Å². The van der Waals surface area contributed by atoms with Gasteiger partial charge in [0.1, 0.15) is 5.82 Å². The molecular weight excluding hydrogens is 281 g/mol. The number of carbonyl (C=O) groups is 1. The van der Waals surface area contributed by atoms with Gasteiger partial charge in [0.05, 0.1) is 5.69 Å². The second-order valence-electron chi connectivity index (χ2n) is 5.19. The number of likely N-dealkylation sites (N-methyl/N-ethyl adjacent to an activating group) is 1. The van der Waals surface area contributed by atoms with E-state index in [0.717, 1.165) is 19.5 Å². The molecule has 0 spiro atoms. The fourth-order valence-electron chi connectivity index (χ4n) is 2.25. The van der Waals surface area contributed by atoms with Gasteiger partial charge in [0.25, 0.3) is 0 Å². The number of carbonyl (C=O) groups excluding carboxylic acids is 1. The van der Waals surface area contributed by atoms with Gasteiger partial charge in [-0.2, -0.15) is 0 Å². The maximum Gasteiger partial charge on any atom is 0.322 e. The number of rotatable bonds is 1. The fraction of sp³-hybridized carbons (Fsp3) is 0.500. The molecule has 20 heavy (non-hydrogen) atoms. The van der Waals surface area contributed by atoms with E-state index in [-0.39, 0.29) is 17.8 Å². The summed E-state index contributed by atoms with van der Waals surface area (Å²) in [6.45, 7) is 4.43. The van der Waals surface area contributed by atoms with Crippen molar-refractivity contribution in [2.24, 2.45) is 0 Å². The molecule has 4 nitrogen and oxygen atoms in total. The van der Waals surface area contributed by atoms with E-state index in [1.165, 1.54) is 12.1 Å². The molecular formula is C14H19ClFN3O. The minimum absolute atomic E-state index is 0.135. The van der Waals surface area contributed by atoms with Gasteiger partial charge in [-0.15, -0.1) is 0 Å². The number of nitrogens with zero attached hydrogens (tertiary/aromatic N) is 2. The number of amides is 2. The molecule has 0 bridgehead atoms. The Hall–Kier alpha value is -1.33. The molecule has 1 N–H and O–H groups in total. The highest BCUT2D eigenvalue weighted by Gasteiger charge is 2.24. The highest BCUT2D eigenvalue weighted by atomic mass is 35.5. The maximum absolute atomic E-state index is 13.7. The topological polar surface area (TPSA) is 35.6 Å². The van der Waals surface area contributed by atoms with E-state index in [2.05, 4.69) is 10.2 Å². The summed E-state index contributed by atoms with van der Waals surface area (Å²) < 4.78 is 13.7. The summed E-state index contributed by atoms with van der Waals surface area (Å²) in [6, 6.07) is 4.09. The van der Waals surface area contributed by atoms with Crippen LogP contribution in [0.4, 0.5) is 14.9 Å². The van der Waals surface area contributed by atoms with Crippen LogP contribution in [0.25, 0.3) is 0 Å². The first-order chi connectivity index (χ1) is 9.47. The maximum atomic E-state index is 13.7. The first-order valence-corrected chi connectivity index (χ1v) is 7.06. The molecule has 1 aromatic carbocycles. The normalized spacial score (nSPS) is 20.6. The molecule has 6 heteroatoms. The number of hydrogen-bond donors (Lipinski definition) is 1. The van der Waals surface area contributed by atoms with Crippen LogP contribution in [0.5, 0.6) is 0 Å². The molecule has 0 aromatic heterocycles. The van der Waals surface area contributed by atoms with E-state index in [0.29, 0.717) is 11.6 Å². The molecule has 0 saturated carbocycles. The highest BCUT2D eigenvalue weighted by molar-refractivity contribution is 6.30. The molecule has 0 aliphatic carbocycles. The number of halogens is 2. The monoisotopic (exact) mass is 299 g/mol. The number of urea groups is 1. The van der Waals surface area contributed by atoms with Gasteiger partial charge in [-0.3, -0.25) is 0 Å². The van der Waals surface area contributed by atoms with Gasteiger partial charge in [-0.1, -0.05) is 11.6 Å². The average Bonchev–Trinajstić information content (AvgIpc) is 2.55. The van der Waals surface area contributed by atoms with Crippen molar-refractivity contribution in [3.05, 3.63) is 29.0 Å². The smallest absolute Gasteiger partial charge is 0.320 e. The lowest BCUT2D eigenvalue weighted by atomic mass is 10.2. The summed E-state index contributed by atoms with van der Waals surface area (Å²) in [5, 5.41) is 2.93. The Labute approximate surface area is 123 Å². The van der Waals surface area contributed by atoms with Crippen LogP contribution in [0.2, 0.25) is 5.02 Å². The van der Waals surface area contributed by atoms with Crippen molar-refractivity contribution in [1.29, 1.82) is 0 Å². The first-order valence-electron chi connectivity index (χ1n) is 6.68. The minimum Gasteiger partial charge on any atom is -0.320 e. The van der Waals surface area contributed by atoms with E-state index < -0.39 is 5.82 Å². The average molecular weight is 300 g/mol. The lowest BCUT2D eigenvalue weighted by Gasteiger charge is -2.27. The number of anilines is 1. The molecule has 2 rings (SSSR count). The van der Waals surface area contributed by atoms with Gasteiger partial charge in [-0.05, 0) is 45.1 Å². The molecule has 0 radical (unpaired) electrons. The standard InChI is InChI=1S/C14H19ClFN3O/c1-10-5-6-18(2)7-8-19(10)14(20)17-13-4-3-11(15)9-12(13)16/h3-4,9-10H,5-8H2,1-2H3,(H,17,20). The van der Waals surface area contributed by atoms with E-state index in [4.69, 9.17) is 11.6 Å². The molecule has 1 aliphatic heterocycles. The molecule has 1 fully saturated rings. The molecule has 1 saturated heterocycles. The van der Waals surface area contributed by atoms with Crippen LogP contribution in [0.3, 0.4) is 0 Å². The number of benzene rings is 1. The van der Waals surface area contributed by atoms with Crippen molar-refractivity contribution >= 4 is 23.3 Å². The van der Waals surface area contributed by atoms with Gasteiger partial charge in [-0.25, -0.2) is 9.18 Å². The summed E-state index contributed by atoms with van der Waals surface area (Å²) in [4.78, 5) is 16.2. The van der Waals surface area contributed by atoms with Gasteiger partial charge in [0.15, 0.2) is 0 Å². The molecule has 1 aromatic rings. The second-order valence-corrected chi connectivity index (χ2v) is 5.63. The summed E-state index contributed by atoms with van der Waals surface area (Å²) >= 11 is 5.69. The Kier molecular flexibility index (Phi) is 4.83. The van der Waals surface area contributed by atoms with Crippen LogP contribution < -0.4 is 5.32 Å². The Balaban J connectivity index is 2.06. The Morgan fingerprint density at radius 1 is 1.40 bits per heavy atom. The van der Waals surface area contributed by atoms with Gasteiger partial charge >= 0.3 is 6.03 Å². The van der Waals surface area contributed by atoms with Crippen molar-refractivity contribution in [2.45, 2.75) is 19.4 Å². The summed E-state index contributed by atoms with van der Waals surface area (Å²) in [5.74, 6) is -0.523. The van der Waals surface area contributed by atoms with E-state index in [1.54, 1.807) is 11.0 Å². The molecule has 1 atom stereocenters. The first kappa shape index (κ1) is 15.1. The number of hydrogen-bond acceptors (Lipinski definition) is 2. The minimum atomic E-state index is -0.523. The largest absolute Gasteiger partial charge is 0.322 e. The Morgan fingerprint density at radius 2 is 2.15 bits per heavy atom. The Morgan fingerprint density at radius 3 is 2.85 bits per heavy atom. The zero-order valence-corrected chi connectivity index (χ0v) is 12.5. The zero-order valence-electron chi connectivity index (χ0n) is 11.7. The number of nitrogens with one attached hydrogen (secondary N) is 1. The lowest BCUT2D eigenvalue weighted by molar-refractivity contribution is 0.195. The van der Waals surface area contributed by atoms with Crippen LogP contribution in [0.15, 0.2) is 18.2 Å². The van der Waals surface area contributed by atoms with Crippen LogP contribution in [0, 0.1) is 5.82 Å². The van der Waals surface area contributed by atoms with Crippen LogP contribution in [-0.4, -0.2) is 48.6 Å². The fourth-order valence-corrected chi connectivity index (χ4v) is 2.41. The molecule has 2 amide bonds. The van der Waals surface area contributed by atoms with Crippen molar-refractivity contribution in [2.75, 3.05) is 32.0 Å². The third-order valence-electron chi connectivity index (χ3n) is 3.62. The van der Waals surface area contributed by atoms with E-state index >= 15 is 0 Å². The molecule has 110 valence electrons. The highest BCUT2D eigenvalue weighted by Crippen LogP contribution is 2.20. The van der Waals surface area contributed by atoms with Crippen LogP contribution in [0.1, 0.15) is 13.3 Å². The second kappa shape index (κ2) is 6.41. The van der Waals surface area contributed by atoms with Crippen molar-refractivity contribution in [3.63, 3.8) is 0 Å². The van der Waals surface area contributed by atoms with Crippen molar-refractivity contribution in [3.8, 4) is 0 Å². The van der Waals surface area contributed by atoms with Crippen molar-refractivity contribution < 1.29 is 9.18 Å². The summed E-state index contributed by atoms with van der Waals surface area (Å²) in [5.41, 5.74) is 0.157. The van der Waals surface area contributed by atoms with Crippen LogP contribution >= 0.6 is 11.6 Å². The Bertz CT molecular complexity index is 497. The summed E-state index contributed by atoms with van der Waals surface area (Å²) in [6.07, 6.45) is 0.910. The van der Waals surface area contributed by atoms with Gasteiger partial charge < -0.3 is 15.1 Å². The zero-order chi connectivity index (χ0) is 14.7. The van der Waals surface area contributed by atoms with Crippen molar-refractivity contribution in [1.82, 2.24) is 9.80 Å². The van der Waals surface area contributed by atoms with Gasteiger partial charge in [0, 0.05) is 24.2 Å². The van der Waals surface area contributed by atoms with Gasteiger partial charge in [0.2, 0.25) is 0 Å². The molecule has 1 aliphatic rings.